The number of nitrogens with zero attached hydrogens (tertiary/aromatic N) is 1. The third kappa shape index (κ3) is 6.01. The van der Waals surface area contributed by atoms with E-state index in [4.69, 9.17) is 16.3 Å². The molecule has 1 aromatic heterocycles. The summed E-state index contributed by atoms with van der Waals surface area (Å²) in [4.78, 5) is 19.6. The minimum absolute atomic E-state index is 0.205. The van der Waals surface area contributed by atoms with Crippen LogP contribution >= 0.6 is 23.4 Å². The molecule has 0 aliphatic carbocycles. The number of rotatable bonds is 4. The van der Waals surface area contributed by atoms with Gasteiger partial charge in [-0.1, -0.05) is 67.5 Å². The highest BCUT2D eigenvalue weighted by Crippen LogP contribution is 2.32. The molecule has 0 amide bonds. The quantitative estimate of drug-likeness (QED) is 0.407. The molecular formula is C21H25ClN2O2S. The van der Waals surface area contributed by atoms with E-state index in [0.717, 1.165) is 22.2 Å². The van der Waals surface area contributed by atoms with Crippen molar-refractivity contribution < 1.29 is 9.53 Å². The molecule has 27 heavy (non-hydrogen) atoms. The molecule has 144 valence electrons. The highest BCUT2D eigenvalue weighted by Gasteiger charge is 2.17. The van der Waals surface area contributed by atoms with Crippen molar-refractivity contribution in [3.63, 3.8) is 0 Å². The van der Waals surface area contributed by atoms with Crippen LogP contribution in [0.2, 0.25) is 5.02 Å². The Balaban J connectivity index is 0.00000126. The first-order valence-corrected chi connectivity index (χ1v) is 10.3. The molecule has 0 radical (unpaired) electrons. The summed E-state index contributed by atoms with van der Waals surface area (Å²) in [6.45, 7) is 9.55. The second-order valence-electron chi connectivity index (χ2n) is 6.63. The first-order valence-electron chi connectivity index (χ1n) is 8.91. The van der Waals surface area contributed by atoms with Crippen molar-refractivity contribution in [1.82, 2.24) is 9.97 Å². The molecule has 0 aliphatic rings. The number of hydrogen-bond acceptors (Lipinski definition) is 4. The second kappa shape index (κ2) is 9.29. The fraction of sp³-hybridized carbons (Fsp3) is 0.333. The molecule has 4 nitrogen and oxygen atoms in total. The normalized spacial score (nSPS) is 11.0. The summed E-state index contributed by atoms with van der Waals surface area (Å²) in [5.74, 6) is -0.0583. The number of esters is 1. The van der Waals surface area contributed by atoms with Gasteiger partial charge in [-0.05, 0) is 38.5 Å². The molecule has 0 bridgehead atoms. The van der Waals surface area contributed by atoms with Crippen LogP contribution in [-0.4, -0.2) is 27.3 Å². The zero-order valence-corrected chi connectivity index (χ0v) is 17.9. The first-order chi connectivity index (χ1) is 12.8. The fourth-order valence-corrected chi connectivity index (χ4v) is 3.34. The smallest absolute Gasteiger partial charge is 0.316 e. The standard InChI is InChI=1S/C19H19ClN2O2S.C2H6/c1-19(2,3)24-17(23)11-25-18-21-15-9-13(12-7-5-4-6-8-12)14(20)10-16(15)22-18;1-2/h4-10H,11H2,1-3H3,(H,21,22);1-2H3. The molecule has 6 heteroatoms. The Bertz CT molecular complexity index is 902. The summed E-state index contributed by atoms with van der Waals surface area (Å²) >= 11 is 7.74. The minimum Gasteiger partial charge on any atom is -0.459 e. The van der Waals surface area contributed by atoms with Gasteiger partial charge in [0.2, 0.25) is 0 Å². The van der Waals surface area contributed by atoms with E-state index in [1.807, 2.05) is 77.1 Å². The number of halogens is 1. The zero-order valence-electron chi connectivity index (χ0n) is 16.3. The Morgan fingerprint density at radius 2 is 1.85 bits per heavy atom. The van der Waals surface area contributed by atoms with Gasteiger partial charge in [0.15, 0.2) is 5.16 Å². The van der Waals surface area contributed by atoms with Crippen molar-refractivity contribution in [2.45, 2.75) is 45.4 Å². The SMILES string of the molecule is CC.CC(C)(C)OC(=O)CSc1nc2cc(-c3ccccc3)c(Cl)cc2[nH]1. The van der Waals surface area contributed by atoms with Crippen LogP contribution in [-0.2, 0) is 9.53 Å². The number of benzene rings is 2. The monoisotopic (exact) mass is 404 g/mol. The highest BCUT2D eigenvalue weighted by atomic mass is 35.5. The number of carbonyl (C=O) groups is 1. The van der Waals surface area contributed by atoms with Gasteiger partial charge in [-0.2, -0.15) is 0 Å². The van der Waals surface area contributed by atoms with Crippen molar-refractivity contribution in [2.24, 2.45) is 0 Å². The maximum Gasteiger partial charge on any atom is 0.316 e. The van der Waals surface area contributed by atoms with Gasteiger partial charge in [0, 0.05) is 5.56 Å². The molecule has 3 aromatic rings. The van der Waals surface area contributed by atoms with Crippen molar-refractivity contribution in [3.05, 3.63) is 47.5 Å². The van der Waals surface area contributed by atoms with Crippen LogP contribution in [0.15, 0.2) is 47.6 Å². The summed E-state index contributed by atoms with van der Waals surface area (Å²) in [6.07, 6.45) is 0. The lowest BCUT2D eigenvalue weighted by Gasteiger charge is -2.18. The number of aromatic nitrogens is 2. The first kappa shape index (κ1) is 21.3. The number of ether oxygens (including phenoxy) is 1. The predicted octanol–water partition coefficient (Wildman–Crippen LogP) is 6.34. The number of hydrogen-bond donors (Lipinski definition) is 1. The van der Waals surface area contributed by atoms with Gasteiger partial charge >= 0.3 is 5.97 Å². The Morgan fingerprint density at radius 3 is 2.48 bits per heavy atom. The summed E-state index contributed by atoms with van der Waals surface area (Å²) in [6, 6.07) is 13.8. The van der Waals surface area contributed by atoms with E-state index in [1.54, 1.807) is 0 Å². The van der Waals surface area contributed by atoms with E-state index >= 15 is 0 Å². The van der Waals surface area contributed by atoms with Crippen LogP contribution in [0.4, 0.5) is 0 Å². The maximum atomic E-state index is 11.8. The largest absolute Gasteiger partial charge is 0.459 e. The van der Waals surface area contributed by atoms with Crippen LogP contribution in [0.3, 0.4) is 0 Å². The van der Waals surface area contributed by atoms with Crippen molar-refractivity contribution >= 4 is 40.4 Å². The van der Waals surface area contributed by atoms with Crippen LogP contribution < -0.4 is 0 Å². The summed E-state index contributed by atoms with van der Waals surface area (Å²) in [5, 5.41) is 1.33. The molecule has 0 fully saturated rings. The van der Waals surface area contributed by atoms with Gasteiger partial charge in [-0.25, -0.2) is 4.98 Å². The molecule has 1 heterocycles. The van der Waals surface area contributed by atoms with E-state index in [1.165, 1.54) is 11.8 Å². The Hall–Kier alpha value is -1.98. The molecule has 0 spiro atoms. The van der Waals surface area contributed by atoms with E-state index < -0.39 is 5.60 Å². The highest BCUT2D eigenvalue weighted by molar-refractivity contribution is 7.99. The number of fused-ring (bicyclic) bond motifs is 1. The molecule has 0 atom stereocenters. The Morgan fingerprint density at radius 1 is 1.19 bits per heavy atom. The van der Waals surface area contributed by atoms with Gasteiger partial charge in [0.25, 0.3) is 0 Å². The average Bonchev–Trinajstić information content (AvgIpc) is 3.02. The lowest BCUT2D eigenvalue weighted by molar-refractivity contribution is -0.151. The van der Waals surface area contributed by atoms with E-state index in [2.05, 4.69) is 9.97 Å². The fourth-order valence-electron chi connectivity index (χ4n) is 2.41. The summed E-state index contributed by atoms with van der Waals surface area (Å²) < 4.78 is 5.31. The molecule has 0 saturated carbocycles. The molecule has 0 aliphatic heterocycles. The minimum atomic E-state index is -0.483. The van der Waals surface area contributed by atoms with Crippen LogP contribution in [0.25, 0.3) is 22.2 Å². The summed E-state index contributed by atoms with van der Waals surface area (Å²) in [7, 11) is 0. The molecular weight excluding hydrogens is 380 g/mol. The number of thioether (sulfide) groups is 1. The summed E-state index contributed by atoms with van der Waals surface area (Å²) in [5.41, 5.74) is 3.15. The predicted molar refractivity (Wildman–Crippen MR) is 114 cm³/mol. The van der Waals surface area contributed by atoms with Gasteiger partial charge in [0.1, 0.15) is 5.60 Å². The number of imidazole rings is 1. The third-order valence-corrected chi connectivity index (χ3v) is 4.54. The topological polar surface area (TPSA) is 55.0 Å². The molecule has 0 unspecified atom stereocenters. The Kier molecular flexibility index (Phi) is 7.33. The average molecular weight is 405 g/mol. The number of carbonyl (C=O) groups excluding carboxylic acids is 1. The maximum absolute atomic E-state index is 11.8. The molecule has 2 aromatic carbocycles. The number of nitrogens with one attached hydrogen (secondary N) is 1. The van der Waals surface area contributed by atoms with Crippen molar-refractivity contribution in [1.29, 1.82) is 0 Å². The third-order valence-electron chi connectivity index (χ3n) is 3.38. The van der Waals surface area contributed by atoms with Gasteiger partial charge < -0.3 is 9.72 Å². The molecule has 1 N–H and O–H groups in total. The second-order valence-corrected chi connectivity index (χ2v) is 8.00. The van der Waals surface area contributed by atoms with Gasteiger partial charge in [-0.15, -0.1) is 0 Å². The van der Waals surface area contributed by atoms with Gasteiger partial charge in [0.05, 0.1) is 21.8 Å². The lowest BCUT2D eigenvalue weighted by Crippen LogP contribution is -2.24. The van der Waals surface area contributed by atoms with Crippen LogP contribution in [0.5, 0.6) is 0 Å². The lowest BCUT2D eigenvalue weighted by atomic mass is 10.1. The molecule has 3 rings (SSSR count). The van der Waals surface area contributed by atoms with Crippen molar-refractivity contribution in [2.75, 3.05) is 5.75 Å². The van der Waals surface area contributed by atoms with E-state index in [9.17, 15) is 4.79 Å². The molecule has 0 saturated heterocycles. The van der Waals surface area contributed by atoms with Gasteiger partial charge in [-0.3, -0.25) is 4.79 Å². The number of H-pyrrole nitrogens is 1. The Labute approximate surface area is 169 Å². The van der Waals surface area contributed by atoms with E-state index in [0.29, 0.717) is 10.2 Å². The van der Waals surface area contributed by atoms with Crippen LogP contribution in [0, 0.1) is 0 Å². The van der Waals surface area contributed by atoms with E-state index in [-0.39, 0.29) is 11.7 Å². The number of aromatic amines is 1. The zero-order chi connectivity index (χ0) is 20.0. The van der Waals surface area contributed by atoms with Crippen molar-refractivity contribution in [3.8, 4) is 11.1 Å². The van der Waals surface area contributed by atoms with Crippen LogP contribution in [0.1, 0.15) is 34.6 Å².